The normalized spacial score (nSPS) is 28.5. The van der Waals surface area contributed by atoms with Crippen molar-refractivity contribution in [2.45, 2.75) is 44.2 Å². The Morgan fingerprint density at radius 3 is 2.27 bits per heavy atom. The van der Waals surface area contributed by atoms with Gasteiger partial charge >= 0.3 is 5.97 Å². The Balaban J connectivity index is 1.67. The zero-order valence-corrected chi connectivity index (χ0v) is 14.4. The molecule has 2 aromatic rings. The summed E-state index contributed by atoms with van der Waals surface area (Å²) in [7, 11) is 0. The topological polar surface area (TPSA) is 85.2 Å². The molecule has 0 aromatic heterocycles. The lowest BCUT2D eigenvalue weighted by molar-refractivity contribution is -0.295. The Kier molecular flexibility index (Phi) is 6.00. The fourth-order valence-corrected chi connectivity index (χ4v) is 2.79. The number of aliphatic hydroxyl groups is 2. The second-order valence-corrected chi connectivity index (χ2v) is 6.22. The van der Waals surface area contributed by atoms with Crippen molar-refractivity contribution >= 4 is 5.97 Å². The number of hydrogen-bond donors (Lipinski definition) is 2. The van der Waals surface area contributed by atoms with E-state index in [4.69, 9.17) is 14.2 Å². The second kappa shape index (κ2) is 8.42. The number of hydrogen-bond acceptors (Lipinski definition) is 6. The predicted octanol–water partition coefficient (Wildman–Crippen LogP) is 1.90. The van der Waals surface area contributed by atoms with Gasteiger partial charge in [0.15, 0.2) is 12.4 Å². The lowest BCUT2D eigenvalue weighted by Gasteiger charge is -2.40. The van der Waals surface area contributed by atoms with Crippen LogP contribution >= 0.6 is 0 Å². The number of ether oxygens (including phenoxy) is 3. The summed E-state index contributed by atoms with van der Waals surface area (Å²) < 4.78 is 16.5. The van der Waals surface area contributed by atoms with E-state index in [0.29, 0.717) is 5.56 Å². The predicted molar refractivity (Wildman–Crippen MR) is 93.2 cm³/mol. The Hall–Kier alpha value is -2.25. The van der Waals surface area contributed by atoms with Crippen LogP contribution in [0.1, 0.15) is 22.8 Å². The van der Waals surface area contributed by atoms with E-state index in [1.165, 1.54) is 0 Å². The lowest BCUT2D eigenvalue weighted by atomic mass is 9.99. The van der Waals surface area contributed by atoms with E-state index in [9.17, 15) is 15.0 Å². The summed E-state index contributed by atoms with van der Waals surface area (Å²) in [5.41, 5.74) is 1.26. The van der Waals surface area contributed by atoms with Crippen molar-refractivity contribution in [1.29, 1.82) is 0 Å². The minimum absolute atomic E-state index is 0.227. The largest absolute Gasteiger partial charge is 0.453 e. The van der Waals surface area contributed by atoms with Gasteiger partial charge in [0.05, 0.1) is 18.3 Å². The van der Waals surface area contributed by atoms with Crippen LogP contribution in [-0.4, -0.2) is 46.9 Å². The number of carbonyl (C=O) groups is 1. The molecule has 6 nitrogen and oxygen atoms in total. The van der Waals surface area contributed by atoms with Crippen LogP contribution in [0, 0.1) is 0 Å². The average molecular weight is 358 g/mol. The summed E-state index contributed by atoms with van der Waals surface area (Å²) in [5.74, 6) is -0.621. The molecule has 6 heteroatoms. The monoisotopic (exact) mass is 358 g/mol. The molecule has 138 valence electrons. The van der Waals surface area contributed by atoms with Crippen molar-refractivity contribution in [2.24, 2.45) is 0 Å². The maximum atomic E-state index is 12.3. The molecular weight excluding hydrogens is 336 g/mol. The van der Waals surface area contributed by atoms with Gasteiger partial charge in [-0.15, -0.1) is 0 Å². The first kappa shape index (κ1) is 18.5. The number of carbonyl (C=O) groups excluding carboxylic acids is 1. The van der Waals surface area contributed by atoms with Gasteiger partial charge in [0.25, 0.3) is 0 Å². The van der Waals surface area contributed by atoms with Gasteiger partial charge in [0.2, 0.25) is 0 Å². The van der Waals surface area contributed by atoms with Crippen molar-refractivity contribution < 1.29 is 29.2 Å². The van der Waals surface area contributed by atoms with E-state index in [1.807, 2.05) is 30.3 Å². The van der Waals surface area contributed by atoms with Crippen LogP contribution in [0.2, 0.25) is 0 Å². The van der Waals surface area contributed by atoms with E-state index in [0.717, 1.165) is 5.56 Å². The summed E-state index contributed by atoms with van der Waals surface area (Å²) in [6.07, 6.45) is -5.28. The van der Waals surface area contributed by atoms with Crippen molar-refractivity contribution in [3.8, 4) is 0 Å². The third-order valence-electron chi connectivity index (χ3n) is 4.29. The summed E-state index contributed by atoms with van der Waals surface area (Å²) in [4.78, 5) is 12.3. The van der Waals surface area contributed by atoms with Crippen LogP contribution in [0.5, 0.6) is 0 Å². The molecule has 0 saturated carbocycles. The van der Waals surface area contributed by atoms with E-state index >= 15 is 0 Å². The third kappa shape index (κ3) is 4.28. The van der Waals surface area contributed by atoms with Crippen LogP contribution in [0.3, 0.4) is 0 Å². The second-order valence-electron chi connectivity index (χ2n) is 6.22. The SMILES string of the molecule is C[C@@H]1O[C@@H](OCc2ccccc2)[C@H](O)[C@H](OC(=O)c2ccccc2)[C@H]1O. The highest BCUT2D eigenvalue weighted by Gasteiger charge is 2.45. The van der Waals surface area contributed by atoms with Crippen LogP contribution < -0.4 is 0 Å². The summed E-state index contributed by atoms with van der Waals surface area (Å²) >= 11 is 0. The highest BCUT2D eigenvalue weighted by atomic mass is 16.7. The molecule has 2 aromatic carbocycles. The van der Waals surface area contributed by atoms with E-state index < -0.39 is 36.7 Å². The van der Waals surface area contributed by atoms with Gasteiger partial charge < -0.3 is 24.4 Å². The smallest absolute Gasteiger partial charge is 0.338 e. The molecule has 0 amide bonds. The summed E-state index contributed by atoms with van der Waals surface area (Å²) in [6.45, 7) is 1.86. The molecule has 26 heavy (non-hydrogen) atoms. The van der Waals surface area contributed by atoms with Gasteiger partial charge in [-0.2, -0.15) is 0 Å². The van der Waals surface area contributed by atoms with Gasteiger partial charge in [0, 0.05) is 0 Å². The highest BCUT2D eigenvalue weighted by Crippen LogP contribution is 2.25. The van der Waals surface area contributed by atoms with Crippen LogP contribution in [0.25, 0.3) is 0 Å². The van der Waals surface area contributed by atoms with E-state index in [2.05, 4.69) is 0 Å². The summed E-state index contributed by atoms with van der Waals surface area (Å²) in [6, 6.07) is 17.9. The molecule has 0 aliphatic carbocycles. The number of rotatable bonds is 5. The van der Waals surface area contributed by atoms with Crippen molar-refractivity contribution in [1.82, 2.24) is 0 Å². The molecule has 0 radical (unpaired) electrons. The van der Waals surface area contributed by atoms with Gasteiger partial charge in [-0.05, 0) is 24.6 Å². The standard InChI is InChI=1S/C20H22O6/c1-13-16(21)18(26-19(23)15-10-6-3-7-11-15)17(22)20(25-13)24-12-14-8-4-2-5-9-14/h2-11,13,16-18,20-22H,12H2,1H3/t13-,16-,17+,18+,20+/m0/s1. The first-order valence-corrected chi connectivity index (χ1v) is 8.49. The quantitative estimate of drug-likeness (QED) is 0.794. The molecular formula is C20H22O6. The molecule has 1 aliphatic heterocycles. The molecule has 1 fully saturated rings. The molecule has 0 spiro atoms. The molecule has 1 heterocycles. The molecule has 0 unspecified atom stereocenters. The van der Waals surface area contributed by atoms with Crippen LogP contribution in [0.15, 0.2) is 60.7 Å². The van der Waals surface area contributed by atoms with Crippen LogP contribution in [-0.2, 0) is 20.8 Å². The Bertz CT molecular complexity index is 705. The molecule has 2 N–H and O–H groups in total. The van der Waals surface area contributed by atoms with Gasteiger partial charge in [0.1, 0.15) is 12.2 Å². The van der Waals surface area contributed by atoms with E-state index in [-0.39, 0.29) is 6.61 Å². The van der Waals surface area contributed by atoms with Crippen molar-refractivity contribution in [3.63, 3.8) is 0 Å². The molecule has 1 aliphatic rings. The van der Waals surface area contributed by atoms with Crippen LogP contribution in [0.4, 0.5) is 0 Å². The summed E-state index contributed by atoms with van der Waals surface area (Å²) in [5, 5.41) is 20.8. The minimum atomic E-state index is -1.31. The Morgan fingerprint density at radius 2 is 1.62 bits per heavy atom. The number of benzene rings is 2. The molecule has 0 bridgehead atoms. The zero-order chi connectivity index (χ0) is 18.5. The average Bonchev–Trinajstić information content (AvgIpc) is 2.68. The fourth-order valence-electron chi connectivity index (χ4n) is 2.79. The first-order valence-electron chi connectivity index (χ1n) is 8.49. The van der Waals surface area contributed by atoms with Crippen molar-refractivity contribution in [2.75, 3.05) is 0 Å². The third-order valence-corrected chi connectivity index (χ3v) is 4.29. The lowest BCUT2D eigenvalue weighted by Crippen LogP contribution is -2.58. The highest BCUT2D eigenvalue weighted by molar-refractivity contribution is 5.89. The number of aliphatic hydroxyl groups excluding tert-OH is 2. The molecule has 5 atom stereocenters. The number of esters is 1. The van der Waals surface area contributed by atoms with Gasteiger partial charge in [-0.1, -0.05) is 48.5 Å². The molecule has 3 rings (SSSR count). The minimum Gasteiger partial charge on any atom is -0.453 e. The fraction of sp³-hybridized carbons (Fsp3) is 0.350. The van der Waals surface area contributed by atoms with Gasteiger partial charge in [-0.3, -0.25) is 0 Å². The van der Waals surface area contributed by atoms with Gasteiger partial charge in [-0.25, -0.2) is 4.79 Å². The first-order chi connectivity index (χ1) is 12.6. The maximum absolute atomic E-state index is 12.3. The zero-order valence-electron chi connectivity index (χ0n) is 14.4. The van der Waals surface area contributed by atoms with Crippen molar-refractivity contribution in [3.05, 3.63) is 71.8 Å². The molecule has 1 saturated heterocycles. The maximum Gasteiger partial charge on any atom is 0.338 e. The Labute approximate surface area is 151 Å². The van der Waals surface area contributed by atoms with E-state index in [1.54, 1.807) is 37.3 Å². The Morgan fingerprint density at radius 1 is 1.00 bits per heavy atom.